The van der Waals surface area contributed by atoms with E-state index < -0.39 is 0 Å². The highest BCUT2D eigenvalue weighted by Gasteiger charge is 2.24. The first-order valence-corrected chi connectivity index (χ1v) is 13.9. The number of hydrogen-bond acceptors (Lipinski definition) is 6. The standard InChI is InChI=1S/C22H36N6S2/c1-3-27-19(17-11-7-5-8-12-17)23-25-21(27)29-15-16-30-22-26-24-20(28(22)4-2)18-13-9-6-10-14-18/h17-18H,3-16H2,1-2H3. The molecule has 30 heavy (non-hydrogen) atoms. The van der Waals surface area contributed by atoms with E-state index in [9.17, 15) is 0 Å². The van der Waals surface area contributed by atoms with Crippen LogP contribution in [0.3, 0.4) is 0 Å². The molecule has 2 aliphatic carbocycles. The zero-order valence-corrected chi connectivity index (χ0v) is 20.2. The fraction of sp³-hybridized carbons (Fsp3) is 0.818. The molecule has 0 N–H and O–H groups in total. The van der Waals surface area contributed by atoms with Crippen LogP contribution in [0.15, 0.2) is 10.3 Å². The summed E-state index contributed by atoms with van der Waals surface area (Å²) in [6, 6.07) is 0. The van der Waals surface area contributed by atoms with Gasteiger partial charge in [0.2, 0.25) is 0 Å². The molecule has 2 saturated carbocycles. The SMILES string of the molecule is CCn1c(SCCSc2nnc(C3CCCCC3)n2CC)nnc1C1CCCCC1. The van der Waals surface area contributed by atoms with Gasteiger partial charge in [-0.2, -0.15) is 0 Å². The number of rotatable bonds is 9. The first kappa shape index (κ1) is 22.2. The first-order chi connectivity index (χ1) is 14.8. The summed E-state index contributed by atoms with van der Waals surface area (Å²) in [4.78, 5) is 0. The first-order valence-electron chi connectivity index (χ1n) is 11.9. The van der Waals surface area contributed by atoms with Crippen molar-refractivity contribution in [3.8, 4) is 0 Å². The average Bonchev–Trinajstić information content (AvgIpc) is 3.41. The zero-order chi connectivity index (χ0) is 20.8. The molecule has 0 spiro atoms. The predicted molar refractivity (Wildman–Crippen MR) is 124 cm³/mol. The largest absolute Gasteiger partial charge is 0.306 e. The Morgan fingerprint density at radius 2 is 1.03 bits per heavy atom. The van der Waals surface area contributed by atoms with E-state index in [1.807, 2.05) is 23.5 Å². The monoisotopic (exact) mass is 448 g/mol. The topological polar surface area (TPSA) is 61.4 Å². The van der Waals surface area contributed by atoms with Crippen LogP contribution >= 0.6 is 23.5 Å². The summed E-state index contributed by atoms with van der Waals surface area (Å²) in [6.45, 7) is 6.35. The van der Waals surface area contributed by atoms with Crippen LogP contribution < -0.4 is 0 Å². The number of hydrogen-bond donors (Lipinski definition) is 0. The highest BCUT2D eigenvalue weighted by molar-refractivity contribution is 8.02. The lowest BCUT2D eigenvalue weighted by molar-refractivity contribution is 0.413. The molecule has 0 amide bonds. The highest BCUT2D eigenvalue weighted by Crippen LogP contribution is 2.35. The second-order valence-electron chi connectivity index (χ2n) is 8.54. The Morgan fingerprint density at radius 1 is 0.633 bits per heavy atom. The molecule has 2 aromatic heterocycles. The molecule has 8 heteroatoms. The molecule has 2 aliphatic rings. The number of thioether (sulfide) groups is 2. The van der Waals surface area contributed by atoms with Gasteiger partial charge in [0.05, 0.1) is 0 Å². The lowest BCUT2D eigenvalue weighted by Gasteiger charge is -2.21. The molecule has 2 fully saturated rings. The summed E-state index contributed by atoms with van der Waals surface area (Å²) in [5, 5.41) is 20.4. The minimum absolute atomic E-state index is 0.608. The Hall–Kier alpha value is -1.02. The van der Waals surface area contributed by atoms with Gasteiger partial charge < -0.3 is 9.13 Å². The molecule has 6 nitrogen and oxygen atoms in total. The van der Waals surface area contributed by atoms with Crippen molar-refractivity contribution in [1.82, 2.24) is 29.5 Å². The van der Waals surface area contributed by atoms with Crippen LogP contribution in [-0.2, 0) is 13.1 Å². The summed E-state index contributed by atoms with van der Waals surface area (Å²) >= 11 is 3.67. The molecule has 2 heterocycles. The molecule has 0 atom stereocenters. The zero-order valence-electron chi connectivity index (χ0n) is 18.6. The maximum Gasteiger partial charge on any atom is 0.191 e. The number of aromatic nitrogens is 6. The Balaban J connectivity index is 1.32. The van der Waals surface area contributed by atoms with Crippen molar-refractivity contribution in [2.75, 3.05) is 11.5 Å². The smallest absolute Gasteiger partial charge is 0.191 e. The van der Waals surface area contributed by atoms with Gasteiger partial charge in [-0.05, 0) is 39.5 Å². The molecule has 0 saturated heterocycles. The van der Waals surface area contributed by atoms with Gasteiger partial charge in [-0.3, -0.25) is 0 Å². The van der Waals surface area contributed by atoms with E-state index in [2.05, 4.69) is 43.4 Å². The van der Waals surface area contributed by atoms with Crippen LogP contribution in [0.5, 0.6) is 0 Å². The highest BCUT2D eigenvalue weighted by atomic mass is 32.2. The summed E-state index contributed by atoms with van der Waals surface area (Å²) in [5.74, 6) is 5.68. The maximum absolute atomic E-state index is 4.59. The van der Waals surface area contributed by atoms with Crippen LogP contribution in [0.4, 0.5) is 0 Å². The van der Waals surface area contributed by atoms with Crippen LogP contribution in [0, 0.1) is 0 Å². The lowest BCUT2D eigenvalue weighted by Crippen LogP contribution is -2.12. The third kappa shape index (κ3) is 5.06. The van der Waals surface area contributed by atoms with Crippen LogP contribution in [0.2, 0.25) is 0 Å². The Kier molecular flexibility index (Phi) is 8.15. The molecule has 4 rings (SSSR count). The van der Waals surface area contributed by atoms with Gasteiger partial charge >= 0.3 is 0 Å². The average molecular weight is 449 g/mol. The quantitative estimate of drug-likeness (QED) is 0.352. The third-order valence-corrected chi connectivity index (χ3v) is 8.81. The molecule has 2 aromatic rings. The summed E-state index contributed by atoms with van der Waals surface area (Å²) in [6.07, 6.45) is 13.2. The van der Waals surface area contributed by atoms with Crippen molar-refractivity contribution in [3.05, 3.63) is 11.6 Å². The van der Waals surface area contributed by atoms with Gasteiger partial charge in [0.25, 0.3) is 0 Å². The molecule has 0 bridgehead atoms. The molecular formula is C22H36N6S2. The van der Waals surface area contributed by atoms with E-state index in [0.717, 1.165) is 34.9 Å². The van der Waals surface area contributed by atoms with Crippen molar-refractivity contribution >= 4 is 23.5 Å². The minimum atomic E-state index is 0.608. The van der Waals surface area contributed by atoms with E-state index in [1.165, 1.54) is 75.9 Å². The molecule has 0 aliphatic heterocycles. The Labute approximate surface area is 189 Å². The van der Waals surface area contributed by atoms with Crippen LogP contribution in [-0.4, -0.2) is 41.0 Å². The van der Waals surface area contributed by atoms with Gasteiger partial charge in [0.15, 0.2) is 10.3 Å². The van der Waals surface area contributed by atoms with Crippen LogP contribution in [0.25, 0.3) is 0 Å². The summed E-state index contributed by atoms with van der Waals surface area (Å²) in [7, 11) is 0. The summed E-state index contributed by atoms with van der Waals surface area (Å²) < 4.78 is 4.70. The lowest BCUT2D eigenvalue weighted by atomic mass is 9.89. The van der Waals surface area contributed by atoms with Gasteiger partial charge in [0, 0.05) is 36.4 Å². The van der Waals surface area contributed by atoms with Gasteiger partial charge in [-0.15, -0.1) is 20.4 Å². The molecule has 166 valence electrons. The molecule has 0 aromatic carbocycles. The molecule has 0 radical (unpaired) electrons. The van der Waals surface area contributed by atoms with E-state index in [0.29, 0.717) is 11.8 Å². The van der Waals surface area contributed by atoms with E-state index in [1.54, 1.807) is 0 Å². The Bertz CT molecular complexity index is 723. The van der Waals surface area contributed by atoms with Crippen LogP contribution in [0.1, 0.15) is 102 Å². The molecule has 0 unspecified atom stereocenters. The minimum Gasteiger partial charge on any atom is -0.306 e. The van der Waals surface area contributed by atoms with E-state index in [4.69, 9.17) is 0 Å². The second-order valence-corrected chi connectivity index (χ2v) is 10.7. The fourth-order valence-electron chi connectivity index (χ4n) is 5.00. The Morgan fingerprint density at radius 3 is 1.40 bits per heavy atom. The third-order valence-electron chi connectivity index (χ3n) is 6.61. The van der Waals surface area contributed by atoms with Crippen molar-refractivity contribution in [2.45, 2.75) is 113 Å². The van der Waals surface area contributed by atoms with Gasteiger partial charge in [-0.1, -0.05) is 62.0 Å². The predicted octanol–water partition coefficient (Wildman–Crippen LogP) is 5.89. The second kappa shape index (κ2) is 11.0. The normalized spacial score (nSPS) is 18.9. The summed E-state index contributed by atoms with van der Waals surface area (Å²) in [5.41, 5.74) is 0. The van der Waals surface area contributed by atoms with Crippen molar-refractivity contribution in [3.63, 3.8) is 0 Å². The maximum atomic E-state index is 4.59. The van der Waals surface area contributed by atoms with E-state index >= 15 is 0 Å². The number of nitrogens with zero attached hydrogens (tertiary/aromatic N) is 6. The van der Waals surface area contributed by atoms with Crippen molar-refractivity contribution < 1.29 is 0 Å². The van der Waals surface area contributed by atoms with Gasteiger partial charge in [0.1, 0.15) is 11.6 Å². The van der Waals surface area contributed by atoms with Crippen molar-refractivity contribution in [2.24, 2.45) is 0 Å². The van der Waals surface area contributed by atoms with Gasteiger partial charge in [-0.25, -0.2) is 0 Å². The molecular weight excluding hydrogens is 412 g/mol. The fourth-order valence-corrected chi connectivity index (χ4v) is 6.99. The van der Waals surface area contributed by atoms with Crippen molar-refractivity contribution in [1.29, 1.82) is 0 Å². The van der Waals surface area contributed by atoms with E-state index in [-0.39, 0.29) is 0 Å².